The molecule has 34 heteroatoms. The Morgan fingerprint density at radius 1 is 0.467 bits per heavy atom. The second-order valence-corrected chi connectivity index (χ2v) is 37.6. The number of hydrogen-bond donors (Lipinski definition) is 8. The van der Waals surface area contributed by atoms with E-state index in [0.29, 0.717) is 65.2 Å². The fourth-order valence-corrected chi connectivity index (χ4v) is 18.7. The molecule has 0 bridgehead atoms. The maximum absolute atomic E-state index is 14.9. The molecule has 0 spiro atoms. The van der Waals surface area contributed by atoms with Crippen LogP contribution in [0.25, 0.3) is 33.4 Å². The van der Waals surface area contributed by atoms with Crippen molar-refractivity contribution in [1.29, 1.82) is 31.7 Å². The van der Waals surface area contributed by atoms with Gasteiger partial charge in [-0.2, -0.15) is 39.5 Å². The third-order valence-corrected chi connectivity index (χ3v) is 26.4. The van der Waals surface area contributed by atoms with E-state index in [0.717, 1.165) is 130 Å². The van der Waals surface area contributed by atoms with Crippen molar-refractivity contribution in [3.8, 4) is 63.7 Å². The van der Waals surface area contributed by atoms with Gasteiger partial charge in [0.1, 0.15) is 47.5 Å². The molecule has 150 heavy (non-hydrogen) atoms. The molecular formula is C116H126BrF6N17O9S. The standard InChI is InChI=1S/C25H22FN3O.C24H24FN5O3S.C13H12FN.C13H14N2O2.C12H12N2O2.C12H14N2.C7H4BrN.C5H11N.C2HF3O.3CH4/c1-17-6-2-3-9-21(17)19-11-12-23(22(26)15-19)28-25(30)24-10-5-13-29(24)20-8-4-7-18(14-20)16-27;25-19-14-15(18-7-1-2-9-22(18)34(28,32)33)10-11-20(19)29-24(31)21-8-4-12-30(21)17-6-3-5-16(13-17)23(26)27;1-9-4-2-3-5-11(9)10-6-7-13(15)12(14)8-10;1-17-13(16)12-6-3-7-15(12)11-5-2-4-10(8-11)9-14;13-8-9-3-1-4-10(7-9)14-6-2-5-11(14)12(15)16;1-10-4-3-7-14(10)12-6-2-5-11(8-12)9-13;8-7-3-1-2-6(4-7)5-9;1-5-3-2-4-6-5;3-2(4,5)1-6;;;/h2-4,6-9,11-12,14-15,24H,5,10,13H2,1H3,(H,28,30);1-3,5-7,9-11,13-14,21H,4,8,12H2,(H3,26,27)(H,29,31)(H2,28,32,33);2-8H,15H2,1H3;2,4-5,8,12H,3,6-7H2,1H3;1,3-4,7,11H,2,5-6H2,(H,15,16);2,5-6,8,10H,3-4,7H2,1H3;1-4H;5-6H,2-4H2,1H3;1H;3*1H4/t;;;12-;11-;10-;;5-;;;;/m...001.1..../s1. The van der Waals surface area contributed by atoms with Crippen molar-refractivity contribution in [2.75, 3.05) is 87.2 Å². The number of nitrogens with one attached hydrogen (secondary N) is 4. The SMILES string of the molecule is C.C.C.COC(=O)[C@@H]1CCCN1c1cccc(C#N)c1.C[C@@H]1CCCN1.C[C@@H]1CCCN1c1cccc(C#N)c1.Cc1ccccc1-c1ccc(N)c(F)c1.Cc1ccccc1-c1ccc(NC(=O)C2CCCN2c2cccc(C#N)c2)c(F)c1.N#Cc1cccc(Br)c1.N#Cc1cccc(N2CCC[C@H]2C(=O)O)c1.N=C(N)c1cccc(N2CCCC2C(=O)Nc2ccc(-c3ccccc3S(N)(=O)=O)cc2F)c1.O=CC(F)(F)F. The summed E-state index contributed by atoms with van der Waals surface area (Å²) in [4.78, 5) is 67.3. The summed E-state index contributed by atoms with van der Waals surface area (Å²) in [5, 5.41) is 74.7. The van der Waals surface area contributed by atoms with Gasteiger partial charge in [0.2, 0.25) is 28.1 Å². The molecule has 18 rings (SSSR count). The molecule has 6 saturated heterocycles. The molecule has 12 aromatic rings. The van der Waals surface area contributed by atoms with Crippen molar-refractivity contribution in [3.05, 3.63) is 339 Å². The van der Waals surface area contributed by atoms with E-state index in [1.807, 2.05) is 167 Å². The normalized spacial score (nSPS) is 16.2. The number of carboxylic acids is 1. The molecule has 6 aliphatic heterocycles. The minimum absolute atomic E-state index is 0. The van der Waals surface area contributed by atoms with Gasteiger partial charge in [0.25, 0.3) is 0 Å². The number of alkyl halides is 3. The zero-order chi connectivity index (χ0) is 106. The van der Waals surface area contributed by atoms with Gasteiger partial charge in [-0.1, -0.05) is 166 Å². The van der Waals surface area contributed by atoms with E-state index in [9.17, 15) is 53.9 Å². The lowest BCUT2D eigenvalue weighted by atomic mass is 10.0. The van der Waals surface area contributed by atoms with Crippen LogP contribution in [0.5, 0.6) is 0 Å². The first kappa shape index (κ1) is 121. The van der Waals surface area contributed by atoms with E-state index in [2.05, 4.69) is 81.0 Å². The molecule has 6 fully saturated rings. The highest BCUT2D eigenvalue weighted by atomic mass is 79.9. The molecule has 0 radical (unpaired) electrons. The molecule has 6 aliphatic rings. The Labute approximate surface area is 883 Å². The van der Waals surface area contributed by atoms with Crippen molar-refractivity contribution in [1.82, 2.24) is 5.32 Å². The average Bonchev–Trinajstić information content (AvgIpc) is 0.903. The number of nitriles is 5. The van der Waals surface area contributed by atoms with Crippen LogP contribution in [-0.4, -0.2) is 138 Å². The number of halogens is 7. The number of aryl methyl sites for hydroxylation is 2. The second kappa shape index (κ2) is 59.0. The summed E-state index contributed by atoms with van der Waals surface area (Å²) in [6.07, 6.45) is 5.84. The van der Waals surface area contributed by atoms with Gasteiger partial charge in [0, 0.05) is 88.8 Å². The Bertz CT molecular complexity index is 6960. The Kier molecular flexibility index (Phi) is 47.5. The number of benzene rings is 12. The van der Waals surface area contributed by atoms with E-state index in [1.165, 1.54) is 87.5 Å². The number of rotatable bonds is 16. The van der Waals surface area contributed by atoms with Gasteiger partial charge < -0.3 is 61.8 Å². The van der Waals surface area contributed by atoms with Crippen molar-refractivity contribution in [2.45, 2.75) is 174 Å². The van der Waals surface area contributed by atoms with Crippen LogP contribution in [-0.2, 0) is 38.7 Å². The molecule has 0 aromatic heterocycles. The molecule has 6 atom stereocenters. The first-order valence-corrected chi connectivity index (χ1v) is 49.8. The van der Waals surface area contributed by atoms with Gasteiger partial charge in [-0.05, 0) is 296 Å². The Hall–Kier alpha value is -16.2. The largest absolute Gasteiger partial charge is 0.480 e. The lowest BCUT2D eigenvalue weighted by Crippen LogP contribution is -2.40. The van der Waals surface area contributed by atoms with Crippen LogP contribution >= 0.6 is 15.9 Å². The van der Waals surface area contributed by atoms with Crippen molar-refractivity contribution >= 4 is 107 Å². The minimum atomic E-state index is -4.64. The first-order chi connectivity index (χ1) is 70.5. The van der Waals surface area contributed by atoms with Crippen molar-refractivity contribution in [2.24, 2.45) is 10.9 Å². The topological polar surface area (TPSA) is 422 Å². The number of hydrogen-bond acceptors (Lipinski definition) is 21. The Morgan fingerprint density at radius 2 is 0.820 bits per heavy atom. The van der Waals surface area contributed by atoms with Gasteiger partial charge in [0.15, 0.2) is 0 Å². The quantitative estimate of drug-likeness (QED) is 0.0111. The number of carboxylic acid groups (broad SMARTS) is 1. The number of sulfonamides is 1. The molecule has 26 nitrogen and oxygen atoms in total. The van der Waals surface area contributed by atoms with Gasteiger partial charge in [-0.25, -0.2) is 36.3 Å². The van der Waals surface area contributed by atoms with Gasteiger partial charge in [-0.15, -0.1) is 0 Å². The summed E-state index contributed by atoms with van der Waals surface area (Å²) < 4.78 is 104. The number of aliphatic carboxylic acids is 1. The Morgan fingerprint density at radius 3 is 1.17 bits per heavy atom. The van der Waals surface area contributed by atoms with Crippen LogP contribution in [0.3, 0.4) is 0 Å². The predicted molar refractivity (Wildman–Crippen MR) is 585 cm³/mol. The van der Waals surface area contributed by atoms with E-state index < -0.39 is 58.2 Å². The molecule has 2 unspecified atom stereocenters. The smallest absolute Gasteiger partial charge is 0.446 e. The molecule has 0 aliphatic carbocycles. The third kappa shape index (κ3) is 35.0. The van der Waals surface area contributed by atoms with Crippen LogP contribution in [0, 0.1) is 93.4 Å². The zero-order valence-corrected chi connectivity index (χ0v) is 84.1. The highest BCUT2D eigenvalue weighted by molar-refractivity contribution is 9.10. The van der Waals surface area contributed by atoms with Crippen LogP contribution in [0.1, 0.15) is 158 Å². The molecular weight excluding hydrogens is 2000 g/mol. The lowest BCUT2D eigenvalue weighted by Gasteiger charge is -2.26. The fourth-order valence-electron chi connectivity index (χ4n) is 17.5. The number of primary sulfonamides is 1. The number of carbonyl (C=O) groups excluding carboxylic acids is 4. The van der Waals surface area contributed by atoms with Crippen LogP contribution in [0.2, 0.25) is 0 Å². The van der Waals surface area contributed by atoms with Crippen LogP contribution in [0.4, 0.5) is 71.8 Å². The number of amides is 2. The van der Waals surface area contributed by atoms with Gasteiger partial charge in [-0.3, -0.25) is 19.8 Å². The summed E-state index contributed by atoms with van der Waals surface area (Å²) in [6, 6.07) is 89.9. The van der Waals surface area contributed by atoms with E-state index in [4.69, 9.17) is 63.0 Å². The fraction of sp³-hybridized carbons (Fsp3) is 0.284. The molecule has 2 amide bonds. The number of esters is 1. The third-order valence-electron chi connectivity index (χ3n) is 24.9. The number of carbonyl (C=O) groups is 5. The molecule has 11 N–H and O–H groups in total. The van der Waals surface area contributed by atoms with Crippen LogP contribution in [0.15, 0.2) is 282 Å². The number of amidine groups is 1. The molecule has 6 heterocycles. The van der Waals surface area contributed by atoms with Crippen molar-refractivity contribution in [3.63, 3.8) is 0 Å². The highest BCUT2D eigenvalue weighted by Gasteiger charge is 2.36. The zero-order valence-electron chi connectivity index (χ0n) is 81.7. The van der Waals surface area contributed by atoms with Gasteiger partial charge in [0.05, 0.1) is 87.2 Å². The number of aldehydes is 1. The summed E-state index contributed by atoms with van der Waals surface area (Å²) in [5.74, 6) is -3.17. The number of ether oxygens (including phenoxy) is 1. The van der Waals surface area contributed by atoms with Crippen molar-refractivity contribution < 1.29 is 68.6 Å². The lowest BCUT2D eigenvalue weighted by molar-refractivity contribution is -0.156. The molecule has 12 aromatic carbocycles. The Balaban J connectivity index is 0.000000239. The first-order valence-electron chi connectivity index (χ1n) is 47.5. The van der Waals surface area contributed by atoms with E-state index in [1.54, 1.807) is 97.1 Å². The maximum atomic E-state index is 14.9. The summed E-state index contributed by atoms with van der Waals surface area (Å²) >= 11 is 3.25. The monoisotopic (exact) mass is 2130 g/mol. The predicted octanol–water partition coefficient (Wildman–Crippen LogP) is 23.3. The average molecular weight is 2130 g/mol. The number of nitrogens with zero attached hydrogens (tertiary/aromatic N) is 10. The summed E-state index contributed by atoms with van der Waals surface area (Å²) in [5.41, 5.74) is 26.0. The van der Waals surface area contributed by atoms with Crippen LogP contribution < -0.4 is 57.1 Å². The van der Waals surface area contributed by atoms with E-state index in [-0.39, 0.29) is 85.3 Å². The number of nitrogen functional groups attached to an aromatic ring is 2. The molecule has 784 valence electrons. The van der Waals surface area contributed by atoms with E-state index >= 15 is 0 Å². The molecule has 0 saturated carbocycles. The number of anilines is 8. The van der Waals surface area contributed by atoms with Gasteiger partial charge >= 0.3 is 18.1 Å². The second-order valence-electron chi connectivity index (χ2n) is 35.1. The maximum Gasteiger partial charge on any atom is 0.446 e. The number of methoxy groups -OCH3 is 1. The summed E-state index contributed by atoms with van der Waals surface area (Å²) in [7, 11) is -2.59. The minimum Gasteiger partial charge on any atom is -0.480 e. The number of nitrogens with two attached hydrogens (primary N) is 3. The highest BCUT2D eigenvalue weighted by Crippen LogP contribution is 2.37. The summed E-state index contributed by atoms with van der Waals surface area (Å²) in [6.45, 7) is 13.8.